The first kappa shape index (κ1) is 17.3. The number of carbonyl (C=O) groups excluding carboxylic acids is 1. The van der Waals surface area contributed by atoms with Crippen molar-refractivity contribution >= 4 is 11.7 Å². The lowest BCUT2D eigenvalue weighted by molar-refractivity contribution is -0.173. The van der Waals surface area contributed by atoms with Gasteiger partial charge in [-0.25, -0.2) is 4.79 Å². The van der Waals surface area contributed by atoms with E-state index in [0.29, 0.717) is 12.2 Å². The number of nitrogens with two attached hydrogens (primary N) is 1. The molecule has 0 radical (unpaired) electrons. The molecule has 0 aliphatic carbocycles. The summed E-state index contributed by atoms with van der Waals surface area (Å²) in [4.78, 5) is 10.7. The van der Waals surface area contributed by atoms with Gasteiger partial charge < -0.3 is 21.1 Å². The van der Waals surface area contributed by atoms with E-state index in [2.05, 4.69) is 15.4 Å². The number of benzene rings is 1. The minimum Gasteiger partial charge on any atom is -0.371 e. The maximum Gasteiger partial charge on any atom is 0.411 e. The highest BCUT2D eigenvalue weighted by Gasteiger charge is 2.27. The third-order valence-electron chi connectivity index (χ3n) is 2.64. The van der Waals surface area contributed by atoms with Gasteiger partial charge in [0.25, 0.3) is 0 Å². The third-order valence-corrected chi connectivity index (χ3v) is 2.64. The predicted octanol–water partition coefficient (Wildman–Crippen LogP) is 2.41. The summed E-state index contributed by atoms with van der Waals surface area (Å²) in [7, 11) is 0. The molecule has 5 nitrogen and oxygen atoms in total. The van der Waals surface area contributed by atoms with Gasteiger partial charge in [-0.2, -0.15) is 13.2 Å². The summed E-state index contributed by atoms with van der Waals surface area (Å²) in [5.41, 5.74) is 6.50. The number of ether oxygens (including phenoxy) is 1. The molecule has 0 heterocycles. The second-order valence-electron chi connectivity index (χ2n) is 4.45. The van der Waals surface area contributed by atoms with Crippen molar-refractivity contribution in [3.8, 4) is 0 Å². The van der Waals surface area contributed by atoms with Gasteiger partial charge in [-0.05, 0) is 24.6 Å². The fraction of sp³-hybridized carbons (Fsp3) is 0.462. The molecule has 0 fully saturated rings. The lowest BCUT2D eigenvalue weighted by atomic mass is 10.1. The van der Waals surface area contributed by atoms with Crippen LogP contribution in [0.25, 0.3) is 0 Å². The summed E-state index contributed by atoms with van der Waals surface area (Å²) in [5, 5.41) is 5.48. The van der Waals surface area contributed by atoms with Gasteiger partial charge in [0.05, 0.1) is 6.61 Å². The summed E-state index contributed by atoms with van der Waals surface area (Å²) in [6.45, 7) is 0.917. The van der Waals surface area contributed by atoms with Crippen molar-refractivity contribution in [2.24, 2.45) is 5.73 Å². The average Bonchev–Trinajstić information content (AvgIpc) is 2.37. The monoisotopic (exact) mass is 305 g/mol. The second kappa shape index (κ2) is 7.84. The Morgan fingerprint density at radius 2 is 1.95 bits per heavy atom. The highest BCUT2D eigenvalue weighted by molar-refractivity contribution is 5.87. The Labute approximate surface area is 120 Å². The maximum atomic E-state index is 11.9. The molecule has 1 aromatic carbocycles. The van der Waals surface area contributed by atoms with E-state index in [-0.39, 0.29) is 12.6 Å². The van der Waals surface area contributed by atoms with Crippen molar-refractivity contribution < 1.29 is 22.7 Å². The maximum absolute atomic E-state index is 11.9. The van der Waals surface area contributed by atoms with Gasteiger partial charge in [-0.3, -0.25) is 0 Å². The summed E-state index contributed by atoms with van der Waals surface area (Å²) in [6, 6.07) is 6.27. The lowest BCUT2D eigenvalue weighted by Gasteiger charge is -2.15. The number of anilines is 1. The van der Waals surface area contributed by atoms with Crippen molar-refractivity contribution in [2.75, 3.05) is 25.1 Å². The molecule has 1 aromatic rings. The van der Waals surface area contributed by atoms with Gasteiger partial charge in [-0.1, -0.05) is 12.1 Å². The van der Waals surface area contributed by atoms with E-state index >= 15 is 0 Å². The normalized spacial score (nSPS) is 13.0. The molecule has 0 aliphatic heterocycles. The molecule has 0 saturated carbocycles. The standard InChI is InChI=1S/C13H18F3N3O2/c1-9(18-6-7-21-8-13(14,15)16)10-2-4-11(5-3-10)19-12(17)20/h2-5,9,18H,6-8H2,1H3,(H3,17,19,20). The number of hydrogen-bond donors (Lipinski definition) is 3. The lowest BCUT2D eigenvalue weighted by Crippen LogP contribution is -2.26. The molecule has 0 saturated heterocycles. The number of alkyl halides is 3. The van der Waals surface area contributed by atoms with Crippen LogP contribution in [0.5, 0.6) is 0 Å². The summed E-state index contributed by atoms with van der Waals surface area (Å²) in [5.74, 6) is 0. The van der Waals surface area contributed by atoms with E-state index in [1.54, 1.807) is 24.3 Å². The van der Waals surface area contributed by atoms with Gasteiger partial charge in [0.1, 0.15) is 6.61 Å². The Bertz CT molecular complexity index is 449. The third kappa shape index (κ3) is 7.52. The minimum atomic E-state index is -4.30. The number of hydrogen-bond acceptors (Lipinski definition) is 3. The second-order valence-corrected chi connectivity index (χ2v) is 4.45. The van der Waals surface area contributed by atoms with Crippen LogP contribution in [0.15, 0.2) is 24.3 Å². The Hall–Kier alpha value is -1.80. The quantitative estimate of drug-likeness (QED) is 0.677. The van der Waals surface area contributed by atoms with Crippen molar-refractivity contribution in [1.29, 1.82) is 0 Å². The SMILES string of the molecule is CC(NCCOCC(F)(F)F)c1ccc(NC(N)=O)cc1. The molecular weight excluding hydrogens is 287 g/mol. The number of nitrogens with one attached hydrogen (secondary N) is 2. The van der Waals surface area contributed by atoms with E-state index in [0.717, 1.165) is 5.56 Å². The first-order valence-electron chi connectivity index (χ1n) is 6.32. The van der Waals surface area contributed by atoms with Crippen LogP contribution < -0.4 is 16.4 Å². The van der Waals surface area contributed by atoms with E-state index in [1.165, 1.54) is 0 Å². The topological polar surface area (TPSA) is 76.4 Å². The van der Waals surface area contributed by atoms with E-state index in [4.69, 9.17) is 5.73 Å². The van der Waals surface area contributed by atoms with Crippen LogP contribution in [-0.4, -0.2) is 32.0 Å². The van der Waals surface area contributed by atoms with E-state index in [9.17, 15) is 18.0 Å². The number of carbonyl (C=O) groups is 1. The van der Waals surface area contributed by atoms with Crippen LogP contribution in [0.4, 0.5) is 23.7 Å². The molecular formula is C13H18F3N3O2. The molecule has 0 spiro atoms. The van der Waals surface area contributed by atoms with Gasteiger partial charge in [-0.15, -0.1) is 0 Å². The van der Waals surface area contributed by atoms with Crippen LogP contribution in [0, 0.1) is 0 Å². The predicted molar refractivity (Wildman–Crippen MR) is 72.9 cm³/mol. The molecule has 0 aromatic heterocycles. The van der Waals surface area contributed by atoms with Gasteiger partial charge in [0, 0.05) is 18.3 Å². The molecule has 1 atom stereocenters. The van der Waals surface area contributed by atoms with Crippen molar-refractivity contribution in [3.63, 3.8) is 0 Å². The van der Waals surface area contributed by atoms with Gasteiger partial charge in [0.2, 0.25) is 0 Å². The number of halogens is 3. The smallest absolute Gasteiger partial charge is 0.371 e. The molecule has 0 aliphatic rings. The first-order chi connectivity index (χ1) is 9.78. The fourth-order valence-corrected chi connectivity index (χ4v) is 1.65. The van der Waals surface area contributed by atoms with Crippen LogP contribution in [-0.2, 0) is 4.74 Å². The molecule has 4 N–H and O–H groups in total. The van der Waals surface area contributed by atoms with E-state index in [1.807, 2.05) is 6.92 Å². The Morgan fingerprint density at radius 3 is 2.48 bits per heavy atom. The molecule has 0 bridgehead atoms. The molecule has 8 heteroatoms. The zero-order valence-corrected chi connectivity index (χ0v) is 11.5. The van der Waals surface area contributed by atoms with Crippen LogP contribution >= 0.6 is 0 Å². The molecule has 118 valence electrons. The Balaban J connectivity index is 2.31. The Morgan fingerprint density at radius 1 is 1.33 bits per heavy atom. The summed E-state index contributed by atoms with van der Waals surface area (Å²) in [6.07, 6.45) is -4.30. The summed E-state index contributed by atoms with van der Waals surface area (Å²) < 4.78 is 40.0. The highest BCUT2D eigenvalue weighted by atomic mass is 19.4. The van der Waals surface area contributed by atoms with Crippen LogP contribution in [0.1, 0.15) is 18.5 Å². The van der Waals surface area contributed by atoms with Crippen LogP contribution in [0.2, 0.25) is 0 Å². The molecule has 1 unspecified atom stereocenters. The molecule has 1 rings (SSSR count). The van der Waals surface area contributed by atoms with Crippen molar-refractivity contribution in [1.82, 2.24) is 5.32 Å². The number of urea groups is 1. The number of primary amides is 1. The van der Waals surface area contributed by atoms with Gasteiger partial charge >= 0.3 is 12.2 Å². The first-order valence-corrected chi connectivity index (χ1v) is 6.32. The van der Waals surface area contributed by atoms with Crippen molar-refractivity contribution in [3.05, 3.63) is 29.8 Å². The zero-order valence-electron chi connectivity index (χ0n) is 11.5. The number of rotatable bonds is 7. The van der Waals surface area contributed by atoms with E-state index < -0.39 is 18.8 Å². The molecule has 2 amide bonds. The largest absolute Gasteiger partial charge is 0.411 e. The highest BCUT2D eigenvalue weighted by Crippen LogP contribution is 2.16. The molecule has 21 heavy (non-hydrogen) atoms. The minimum absolute atomic E-state index is 0.0227. The van der Waals surface area contributed by atoms with Crippen LogP contribution in [0.3, 0.4) is 0 Å². The fourth-order valence-electron chi connectivity index (χ4n) is 1.65. The van der Waals surface area contributed by atoms with Gasteiger partial charge in [0.15, 0.2) is 0 Å². The Kier molecular flexibility index (Phi) is 6.44. The average molecular weight is 305 g/mol. The summed E-state index contributed by atoms with van der Waals surface area (Å²) >= 11 is 0. The van der Waals surface area contributed by atoms with Crippen molar-refractivity contribution in [2.45, 2.75) is 19.1 Å². The zero-order chi connectivity index (χ0) is 15.9. The number of amides is 2.